The zero-order valence-corrected chi connectivity index (χ0v) is 16.0. The zero-order valence-electron chi connectivity index (χ0n) is 15.2. The fraction of sp³-hybridized carbons (Fsp3) is 0.350. The summed E-state index contributed by atoms with van der Waals surface area (Å²) in [6.07, 6.45) is 3.61. The van der Waals surface area contributed by atoms with E-state index >= 15 is 0 Å². The summed E-state index contributed by atoms with van der Waals surface area (Å²) in [4.78, 5) is 11.3. The van der Waals surface area contributed by atoms with E-state index < -0.39 is 16.0 Å². The Bertz CT molecular complexity index is 907. The first kappa shape index (κ1) is 19.4. The van der Waals surface area contributed by atoms with E-state index in [9.17, 15) is 18.3 Å². The minimum atomic E-state index is -3.83. The standard InChI is InChI=1S/C20H24N2O4S/c1-14(15-7-3-2-4-8-15)21-18-12-11-16(20(23)24)13-19(18)27(25,26)22-17-9-5-6-10-17/h2-4,7-8,11-14,17,21-22H,5-6,9-10H2,1H3,(H,23,24)/t14-/m0/s1. The van der Waals surface area contributed by atoms with Gasteiger partial charge >= 0.3 is 5.97 Å². The third-order valence-corrected chi connectivity index (χ3v) is 6.43. The minimum absolute atomic E-state index is 0.0305. The Morgan fingerprint density at radius 3 is 2.41 bits per heavy atom. The van der Waals surface area contributed by atoms with Crippen molar-refractivity contribution in [3.05, 3.63) is 59.7 Å². The topological polar surface area (TPSA) is 95.5 Å². The molecule has 0 bridgehead atoms. The van der Waals surface area contributed by atoms with Gasteiger partial charge in [0.25, 0.3) is 0 Å². The second-order valence-corrected chi connectivity index (χ2v) is 8.58. The van der Waals surface area contributed by atoms with Crippen molar-refractivity contribution in [1.82, 2.24) is 4.72 Å². The van der Waals surface area contributed by atoms with Crippen LogP contribution in [0.2, 0.25) is 0 Å². The van der Waals surface area contributed by atoms with Gasteiger partial charge in [-0.15, -0.1) is 0 Å². The summed E-state index contributed by atoms with van der Waals surface area (Å²) in [5.74, 6) is -1.16. The fourth-order valence-corrected chi connectivity index (χ4v) is 4.88. The quantitative estimate of drug-likeness (QED) is 0.671. The average molecular weight is 388 g/mol. The van der Waals surface area contributed by atoms with Gasteiger partial charge in [-0.1, -0.05) is 43.2 Å². The van der Waals surface area contributed by atoms with Crippen molar-refractivity contribution in [2.45, 2.75) is 49.6 Å². The van der Waals surface area contributed by atoms with E-state index in [0.717, 1.165) is 31.2 Å². The molecule has 1 atom stereocenters. The second-order valence-electron chi connectivity index (χ2n) is 6.90. The lowest BCUT2D eigenvalue weighted by Crippen LogP contribution is -2.33. The van der Waals surface area contributed by atoms with E-state index in [4.69, 9.17) is 0 Å². The van der Waals surface area contributed by atoms with Crippen molar-refractivity contribution in [1.29, 1.82) is 0 Å². The number of nitrogens with one attached hydrogen (secondary N) is 2. The number of anilines is 1. The molecule has 2 aromatic carbocycles. The largest absolute Gasteiger partial charge is 0.478 e. The molecule has 6 nitrogen and oxygen atoms in total. The number of hydrogen-bond donors (Lipinski definition) is 3. The lowest BCUT2D eigenvalue weighted by molar-refractivity contribution is 0.0696. The van der Waals surface area contributed by atoms with Crippen LogP contribution in [-0.2, 0) is 10.0 Å². The molecular weight excluding hydrogens is 364 g/mol. The molecule has 0 aromatic heterocycles. The molecule has 0 saturated heterocycles. The van der Waals surface area contributed by atoms with Crippen LogP contribution in [0, 0.1) is 0 Å². The molecule has 0 aliphatic heterocycles. The van der Waals surface area contributed by atoms with Crippen molar-refractivity contribution in [3.63, 3.8) is 0 Å². The highest BCUT2D eigenvalue weighted by Gasteiger charge is 2.26. The Kier molecular flexibility index (Phi) is 5.82. The predicted octanol–water partition coefficient (Wildman–Crippen LogP) is 3.78. The molecule has 1 fully saturated rings. The van der Waals surface area contributed by atoms with Crippen molar-refractivity contribution >= 4 is 21.7 Å². The molecule has 2 aromatic rings. The maximum absolute atomic E-state index is 13.0. The number of carboxylic acid groups (broad SMARTS) is 1. The molecule has 0 radical (unpaired) electrons. The van der Waals surface area contributed by atoms with Gasteiger partial charge in [-0.05, 0) is 43.5 Å². The maximum atomic E-state index is 13.0. The van der Waals surface area contributed by atoms with E-state index in [-0.39, 0.29) is 22.5 Å². The fourth-order valence-electron chi connectivity index (χ4n) is 3.38. The van der Waals surface area contributed by atoms with Gasteiger partial charge in [0, 0.05) is 12.1 Å². The number of carboxylic acids is 1. The smallest absolute Gasteiger partial charge is 0.335 e. The van der Waals surface area contributed by atoms with Crippen molar-refractivity contribution in [2.75, 3.05) is 5.32 Å². The SMILES string of the molecule is C[C@H](Nc1ccc(C(=O)O)cc1S(=O)(=O)NC1CCCC1)c1ccccc1. The highest BCUT2D eigenvalue weighted by atomic mass is 32.2. The summed E-state index contributed by atoms with van der Waals surface area (Å²) in [6.45, 7) is 1.93. The van der Waals surface area contributed by atoms with E-state index in [2.05, 4.69) is 10.0 Å². The van der Waals surface area contributed by atoms with Crippen LogP contribution in [-0.4, -0.2) is 25.5 Å². The zero-order chi connectivity index (χ0) is 19.4. The molecule has 3 rings (SSSR count). The number of benzene rings is 2. The van der Waals surface area contributed by atoms with Crippen LogP contribution in [0.15, 0.2) is 53.4 Å². The average Bonchev–Trinajstić information content (AvgIpc) is 3.14. The van der Waals surface area contributed by atoms with Gasteiger partial charge in [-0.25, -0.2) is 17.9 Å². The highest BCUT2D eigenvalue weighted by molar-refractivity contribution is 7.89. The molecule has 1 saturated carbocycles. The Balaban J connectivity index is 1.94. The second kappa shape index (κ2) is 8.10. The van der Waals surface area contributed by atoms with Gasteiger partial charge in [0.05, 0.1) is 11.3 Å². The van der Waals surface area contributed by atoms with Crippen molar-refractivity contribution < 1.29 is 18.3 Å². The van der Waals surface area contributed by atoms with Gasteiger partial charge in [-0.3, -0.25) is 0 Å². The summed E-state index contributed by atoms with van der Waals surface area (Å²) >= 11 is 0. The first-order valence-corrected chi connectivity index (χ1v) is 10.6. The Morgan fingerprint density at radius 2 is 1.78 bits per heavy atom. The van der Waals surface area contributed by atoms with Crippen LogP contribution in [0.4, 0.5) is 5.69 Å². The van der Waals surface area contributed by atoms with E-state index in [0.29, 0.717) is 5.69 Å². The Hall–Kier alpha value is -2.38. The van der Waals surface area contributed by atoms with E-state index in [1.54, 1.807) is 0 Å². The summed E-state index contributed by atoms with van der Waals surface area (Å²) in [6, 6.07) is 13.6. The summed E-state index contributed by atoms with van der Waals surface area (Å²) in [5, 5.41) is 12.5. The van der Waals surface area contributed by atoms with Gasteiger partial charge in [0.15, 0.2) is 0 Å². The molecule has 0 heterocycles. The normalized spacial score (nSPS) is 16.2. The summed E-state index contributed by atoms with van der Waals surface area (Å²) in [7, 11) is -3.83. The molecule has 7 heteroatoms. The van der Waals surface area contributed by atoms with E-state index in [1.807, 2.05) is 37.3 Å². The monoisotopic (exact) mass is 388 g/mol. The Morgan fingerprint density at radius 1 is 1.11 bits per heavy atom. The first-order valence-electron chi connectivity index (χ1n) is 9.08. The molecule has 144 valence electrons. The number of sulfonamides is 1. The predicted molar refractivity (Wildman–Crippen MR) is 104 cm³/mol. The Labute approximate surface area is 159 Å². The lowest BCUT2D eigenvalue weighted by atomic mass is 10.1. The van der Waals surface area contributed by atoms with Gasteiger partial charge in [-0.2, -0.15) is 0 Å². The van der Waals surface area contributed by atoms with E-state index in [1.165, 1.54) is 18.2 Å². The number of rotatable bonds is 7. The van der Waals surface area contributed by atoms with Crippen LogP contribution in [0.3, 0.4) is 0 Å². The number of carbonyl (C=O) groups is 1. The van der Waals surface area contributed by atoms with Gasteiger partial charge < -0.3 is 10.4 Å². The third-order valence-electron chi connectivity index (χ3n) is 4.87. The molecule has 0 spiro atoms. The molecule has 0 amide bonds. The summed E-state index contributed by atoms with van der Waals surface area (Å²) in [5.41, 5.74) is 1.34. The van der Waals surface area contributed by atoms with Crippen molar-refractivity contribution in [2.24, 2.45) is 0 Å². The lowest BCUT2D eigenvalue weighted by Gasteiger charge is -2.20. The molecular formula is C20H24N2O4S. The summed E-state index contributed by atoms with van der Waals surface area (Å²) < 4.78 is 28.6. The van der Waals surface area contributed by atoms with Crippen LogP contribution in [0.5, 0.6) is 0 Å². The highest BCUT2D eigenvalue weighted by Crippen LogP contribution is 2.29. The molecule has 1 aliphatic rings. The third kappa shape index (κ3) is 4.67. The van der Waals surface area contributed by atoms with Gasteiger partial charge in [0.1, 0.15) is 4.90 Å². The van der Waals surface area contributed by atoms with Crippen molar-refractivity contribution in [3.8, 4) is 0 Å². The maximum Gasteiger partial charge on any atom is 0.335 e. The van der Waals surface area contributed by atoms with Crippen LogP contribution in [0.25, 0.3) is 0 Å². The number of aromatic carboxylic acids is 1. The van der Waals surface area contributed by atoms with Crippen LogP contribution < -0.4 is 10.0 Å². The minimum Gasteiger partial charge on any atom is -0.478 e. The molecule has 27 heavy (non-hydrogen) atoms. The van der Waals surface area contributed by atoms with Crippen LogP contribution >= 0.6 is 0 Å². The van der Waals surface area contributed by atoms with Crippen LogP contribution in [0.1, 0.15) is 54.6 Å². The van der Waals surface area contributed by atoms with Gasteiger partial charge in [0.2, 0.25) is 10.0 Å². The first-order chi connectivity index (χ1) is 12.9. The molecule has 1 aliphatic carbocycles. The molecule has 3 N–H and O–H groups in total. The number of hydrogen-bond acceptors (Lipinski definition) is 4. The molecule has 0 unspecified atom stereocenters.